The van der Waals surface area contributed by atoms with Gasteiger partial charge in [-0.2, -0.15) is 5.10 Å². The summed E-state index contributed by atoms with van der Waals surface area (Å²) in [5.41, 5.74) is 8.43. The lowest BCUT2D eigenvalue weighted by Crippen LogP contribution is -2.50. The highest BCUT2D eigenvalue weighted by atomic mass is 16.5. The molecule has 0 bridgehead atoms. The first kappa shape index (κ1) is 13.5. The average molecular weight is 252 g/mol. The van der Waals surface area contributed by atoms with E-state index in [0.717, 1.165) is 13.2 Å². The van der Waals surface area contributed by atoms with Gasteiger partial charge in [-0.1, -0.05) is 0 Å². The van der Waals surface area contributed by atoms with E-state index in [9.17, 15) is 0 Å². The average Bonchev–Trinajstić information content (AvgIpc) is 2.67. The Morgan fingerprint density at radius 1 is 1.56 bits per heavy atom. The summed E-state index contributed by atoms with van der Waals surface area (Å²) in [6.07, 6.45) is 2.21. The number of nitrogens with zero attached hydrogens (tertiary/aromatic N) is 3. The Morgan fingerprint density at radius 3 is 2.83 bits per heavy atom. The van der Waals surface area contributed by atoms with Gasteiger partial charge in [0.15, 0.2) is 0 Å². The van der Waals surface area contributed by atoms with E-state index >= 15 is 0 Å². The van der Waals surface area contributed by atoms with E-state index in [4.69, 9.17) is 10.5 Å². The highest BCUT2D eigenvalue weighted by Gasteiger charge is 2.31. The first-order chi connectivity index (χ1) is 8.54. The zero-order chi connectivity index (χ0) is 13.3. The minimum Gasteiger partial charge on any atom is -0.376 e. The molecule has 5 nitrogen and oxygen atoms in total. The molecule has 1 aromatic heterocycles. The number of ether oxygens (including phenoxy) is 1. The number of rotatable bonds is 3. The van der Waals surface area contributed by atoms with Gasteiger partial charge < -0.3 is 10.5 Å². The van der Waals surface area contributed by atoms with E-state index in [2.05, 4.69) is 30.8 Å². The molecule has 0 spiro atoms. The third-order valence-corrected chi connectivity index (χ3v) is 3.91. The molecular formula is C13H24N4O. The molecule has 1 aromatic rings. The van der Waals surface area contributed by atoms with E-state index in [1.54, 1.807) is 0 Å². The molecule has 2 heterocycles. The van der Waals surface area contributed by atoms with E-state index in [1.807, 2.05) is 17.9 Å². The van der Waals surface area contributed by atoms with Crippen LogP contribution >= 0.6 is 0 Å². The fraction of sp³-hybridized carbons (Fsp3) is 0.769. The third-order valence-electron chi connectivity index (χ3n) is 3.91. The van der Waals surface area contributed by atoms with Crippen LogP contribution in [0.25, 0.3) is 0 Å². The van der Waals surface area contributed by atoms with Crippen LogP contribution in [0.15, 0.2) is 6.20 Å². The van der Waals surface area contributed by atoms with Crippen molar-refractivity contribution < 1.29 is 4.74 Å². The lowest BCUT2D eigenvalue weighted by atomic mass is 10.0. The van der Waals surface area contributed by atoms with Gasteiger partial charge in [-0.3, -0.25) is 9.58 Å². The Labute approximate surface area is 109 Å². The lowest BCUT2D eigenvalue weighted by molar-refractivity contribution is -0.0654. The number of hydrogen-bond acceptors (Lipinski definition) is 4. The maximum absolute atomic E-state index is 6.00. The Bertz CT molecular complexity index is 404. The predicted molar refractivity (Wildman–Crippen MR) is 71.3 cm³/mol. The van der Waals surface area contributed by atoms with Crippen molar-refractivity contribution in [2.75, 3.05) is 19.7 Å². The van der Waals surface area contributed by atoms with Crippen molar-refractivity contribution in [2.24, 2.45) is 12.8 Å². The fourth-order valence-corrected chi connectivity index (χ4v) is 2.65. The first-order valence-corrected chi connectivity index (χ1v) is 6.60. The molecule has 1 fully saturated rings. The van der Waals surface area contributed by atoms with Gasteiger partial charge in [-0.15, -0.1) is 0 Å². The summed E-state index contributed by atoms with van der Waals surface area (Å²) >= 11 is 0. The molecule has 5 heteroatoms. The normalized spacial score (nSPS) is 27.4. The number of nitrogens with two attached hydrogens (primary N) is 1. The number of hydrogen-bond donors (Lipinski definition) is 1. The molecule has 0 radical (unpaired) electrons. The molecular weight excluding hydrogens is 228 g/mol. The van der Waals surface area contributed by atoms with Crippen LogP contribution in [0, 0.1) is 6.92 Å². The van der Waals surface area contributed by atoms with Gasteiger partial charge in [-0.05, 0) is 20.8 Å². The summed E-state index contributed by atoms with van der Waals surface area (Å²) in [6.45, 7) is 8.72. The maximum atomic E-state index is 6.00. The largest absolute Gasteiger partial charge is 0.376 e. The van der Waals surface area contributed by atoms with Crippen molar-refractivity contribution in [2.45, 2.75) is 39.0 Å². The lowest BCUT2D eigenvalue weighted by Gasteiger charge is -2.41. The van der Waals surface area contributed by atoms with Crippen molar-refractivity contribution in [3.63, 3.8) is 0 Å². The molecule has 3 atom stereocenters. The zero-order valence-corrected chi connectivity index (χ0v) is 11.8. The Kier molecular flexibility index (Phi) is 4.04. The molecule has 2 rings (SSSR count). The summed E-state index contributed by atoms with van der Waals surface area (Å²) in [7, 11) is 1.97. The highest BCUT2D eigenvalue weighted by molar-refractivity contribution is 5.21. The highest BCUT2D eigenvalue weighted by Crippen LogP contribution is 2.27. The van der Waals surface area contributed by atoms with Gasteiger partial charge in [0, 0.05) is 37.4 Å². The van der Waals surface area contributed by atoms with Crippen molar-refractivity contribution in [3.8, 4) is 0 Å². The molecule has 3 unspecified atom stereocenters. The van der Waals surface area contributed by atoms with E-state index in [1.165, 1.54) is 11.3 Å². The molecule has 2 N–H and O–H groups in total. The van der Waals surface area contributed by atoms with Crippen LogP contribution < -0.4 is 5.73 Å². The molecule has 0 saturated carbocycles. The molecule has 1 saturated heterocycles. The van der Waals surface area contributed by atoms with Crippen molar-refractivity contribution in [1.82, 2.24) is 14.7 Å². The van der Waals surface area contributed by atoms with Crippen molar-refractivity contribution in [1.29, 1.82) is 0 Å². The van der Waals surface area contributed by atoms with Crippen LogP contribution in [0.5, 0.6) is 0 Å². The topological polar surface area (TPSA) is 56.3 Å². The predicted octanol–water partition coefficient (Wildman–Crippen LogP) is 0.838. The Morgan fingerprint density at radius 2 is 2.28 bits per heavy atom. The Balaban J connectivity index is 2.24. The van der Waals surface area contributed by atoms with E-state index in [0.29, 0.717) is 12.6 Å². The van der Waals surface area contributed by atoms with Gasteiger partial charge in [0.05, 0.1) is 24.9 Å². The molecule has 18 heavy (non-hydrogen) atoms. The summed E-state index contributed by atoms with van der Waals surface area (Å²) in [6, 6.07) is 0.634. The van der Waals surface area contributed by atoms with Gasteiger partial charge in [0.2, 0.25) is 0 Å². The second-order valence-corrected chi connectivity index (χ2v) is 5.25. The van der Waals surface area contributed by atoms with Gasteiger partial charge in [0.25, 0.3) is 0 Å². The first-order valence-electron chi connectivity index (χ1n) is 6.60. The van der Waals surface area contributed by atoms with Crippen molar-refractivity contribution in [3.05, 3.63) is 17.5 Å². The van der Waals surface area contributed by atoms with Crippen LogP contribution in [0.4, 0.5) is 0 Å². The number of aromatic nitrogens is 2. The third kappa shape index (κ3) is 2.43. The summed E-state index contributed by atoms with van der Waals surface area (Å²) < 4.78 is 7.59. The molecule has 0 aliphatic carbocycles. The zero-order valence-electron chi connectivity index (χ0n) is 11.8. The van der Waals surface area contributed by atoms with Crippen molar-refractivity contribution >= 4 is 0 Å². The summed E-state index contributed by atoms with van der Waals surface area (Å²) in [5.74, 6) is 0. The van der Waals surface area contributed by atoms with Crippen LogP contribution in [-0.4, -0.2) is 46.5 Å². The molecule has 0 amide bonds. The second-order valence-electron chi connectivity index (χ2n) is 5.25. The second kappa shape index (κ2) is 5.38. The Hall–Kier alpha value is -0.910. The molecule has 1 aliphatic heterocycles. The molecule has 1 aliphatic rings. The molecule has 0 aromatic carbocycles. The van der Waals surface area contributed by atoms with Crippen LogP contribution in [0.1, 0.15) is 31.1 Å². The summed E-state index contributed by atoms with van der Waals surface area (Å²) in [5, 5.41) is 4.33. The standard InChI is InChI=1S/C13H24N4O/c1-9-8-18-10(2)7-17(9)13(5-14)12-6-15-16(4)11(12)3/h6,9-10,13H,5,7-8,14H2,1-4H3. The monoisotopic (exact) mass is 252 g/mol. The minimum absolute atomic E-state index is 0.236. The van der Waals surface area contributed by atoms with Crippen LogP contribution in [0.2, 0.25) is 0 Å². The van der Waals surface area contributed by atoms with Crippen LogP contribution in [-0.2, 0) is 11.8 Å². The van der Waals surface area contributed by atoms with Gasteiger partial charge in [0.1, 0.15) is 0 Å². The minimum atomic E-state index is 0.236. The summed E-state index contributed by atoms with van der Waals surface area (Å²) in [4.78, 5) is 2.44. The number of aryl methyl sites for hydroxylation is 1. The van der Waals surface area contributed by atoms with E-state index < -0.39 is 0 Å². The number of morpholine rings is 1. The SMILES string of the molecule is Cc1c(C(CN)N2CC(C)OCC2C)cnn1C. The maximum Gasteiger partial charge on any atom is 0.0675 e. The van der Waals surface area contributed by atoms with E-state index in [-0.39, 0.29) is 12.1 Å². The quantitative estimate of drug-likeness (QED) is 0.866. The van der Waals surface area contributed by atoms with Crippen LogP contribution in [0.3, 0.4) is 0 Å². The fourth-order valence-electron chi connectivity index (χ4n) is 2.65. The van der Waals surface area contributed by atoms with Gasteiger partial charge in [-0.25, -0.2) is 0 Å². The van der Waals surface area contributed by atoms with Gasteiger partial charge >= 0.3 is 0 Å². The smallest absolute Gasteiger partial charge is 0.0675 e. The molecule has 102 valence electrons.